The van der Waals surface area contributed by atoms with Crippen LogP contribution < -0.4 is 0 Å². The van der Waals surface area contributed by atoms with Crippen LogP contribution in [0.2, 0.25) is 0 Å². The summed E-state index contributed by atoms with van der Waals surface area (Å²) in [5.41, 5.74) is 1.61. The van der Waals surface area contributed by atoms with Gasteiger partial charge in [-0.1, -0.05) is 12.1 Å². The van der Waals surface area contributed by atoms with Crippen LogP contribution in [0.3, 0.4) is 0 Å². The van der Waals surface area contributed by atoms with Crippen LogP contribution in [0.1, 0.15) is 24.0 Å². The van der Waals surface area contributed by atoms with Gasteiger partial charge in [0.1, 0.15) is 0 Å². The van der Waals surface area contributed by atoms with E-state index in [9.17, 15) is 8.42 Å². The summed E-state index contributed by atoms with van der Waals surface area (Å²) < 4.78 is 27.6. The fraction of sp³-hybridized carbons (Fsp3) is 0.600. The molecule has 1 atom stereocenters. The molecule has 1 aromatic carbocycles. The van der Waals surface area contributed by atoms with Crippen molar-refractivity contribution in [2.24, 2.45) is 0 Å². The summed E-state index contributed by atoms with van der Waals surface area (Å²) in [7, 11) is 0.501. The van der Waals surface area contributed by atoms with E-state index in [4.69, 9.17) is 11.6 Å². The molecule has 2 rings (SSSR count). The second kappa shape index (κ2) is 6.65. The zero-order valence-corrected chi connectivity index (χ0v) is 14.4. The second-order valence-corrected chi connectivity index (χ2v) is 8.03. The predicted molar refractivity (Wildman–Crippen MR) is 86.2 cm³/mol. The third-order valence-electron chi connectivity index (χ3n) is 3.89. The first kappa shape index (κ1) is 16.7. The summed E-state index contributed by atoms with van der Waals surface area (Å²) in [6, 6.07) is 5.48. The number of nitrogens with zero attached hydrogens (tertiary/aromatic N) is 2. The number of rotatable bonds is 5. The maximum atomic E-state index is 13.0. The number of hydrogen-bond acceptors (Lipinski definition) is 3. The monoisotopic (exact) mass is 330 g/mol. The van der Waals surface area contributed by atoms with Gasteiger partial charge in [-0.2, -0.15) is 4.31 Å². The molecule has 0 aliphatic carbocycles. The molecule has 0 spiro atoms. The average molecular weight is 331 g/mol. The van der Waals surface area contributed by atoms with Crippen LogP contribution >= 0.6 is 11.6 Å². The molecule has 0 N–H and O–H groups in total. The maximum Gasteiger partial charge on any atom is 0.243 e. The SMILES string of the molecule is Cc1ccc(CCl)cc1S(=O)(=O)N1CCCC1CN(C)C. The van der Waals surface area contributed by atoms with E-state index in [1.165, 1.54) is 0 Å². The lowest BCUT2D eigenvalue weighted by Crippen LogP contribution is -2.41. The summed E-state index contributed by atoms with van der Waals surface area (Å²) in [6.45, 7) is 3.20. The Morgan fingerprint density at radius 3 is 2.71 bits per heavy atom. The number of sulfonamides is 1. The Hall–Kier alpha value is -0.620. The Morgan fingerprint density at radius 2 is 2.10 bits per heavy atom. The van der Waals surface area contributed by atoms with Crippen LogP contribution in [0.25, 0.3) is 0 Å². The number of halogens is 1. The zero-order chi connectivity index (χ0) is 15.6. The molecule has 0 saturated carbocycles. The van der Waals surface area contributed by atoms with E-state index < -0.39 is 10.0 Å². The van der Waals surface area contributed by atoms with E-state index in [2.05, 4.69) is 0 Å². The third-order valence-corrected chi connectivity index (χ3v) is 6.29. The quantitative estimate of drug-likeness (QED) is 0.779. The second-order valence-electron chi connectivity index (χ2n) is 5.91. The predicted octanol–water partition coefficient (Wildman–Crippen LogP) is 2.45. The highest BCUT2D eigenvalue weighted by Gasteiger charge is 2.36. The molecule has 0 radical (unpaired) electrons. The Balaban J connectivity index is 2.37. The lowest BCUT2D eigenvalue weighted by molar-refractivity contribution is 0.291. The first-order valence-corrected chi connectivity index (χ1v) is 9.16. The van der Waals surface area contributed by atoms with E-state index in [1.54, 1.807) is 10.4 Å². The van der Waals surface area contributed by atoms with Crippen LogP contribution in [0.4, 0.5) is 0 Å². The van der Waals surface area contributed by atoms with Gasteiger partial charge >= 0.3 is 0 Å². The Labute approximate surface area is 132 Å². The van der Waals surface area contributed by atoms with Gasteiger partial charge in [0.05, 0.1) is 4.90 Å². The minimum Gasteiger partial charge on any atom is -0.308 e. The number of benzene rings is 1. The standard InChI is InChI=1S/C15H23ClN2O2S/c1-12-6-7-13(10-16)9-15(12)21(19,20)18-8-4-5-14(18)11-17(2)3/h6-7,9,14H,4-5,8,10-11H2,1-3H3. The molecule has 4 nitrogen and oxygen atoms in total. The molecule has 1 heterocycles. The first-order valence-electron chi connectivity index (χ1n) is 7.18. The summed E-state index contributed by atoms with van der Waals surface area (Å²) in [5, 5.41) is 0. The van der Waals surface area contributed by atoms with Gasteiger partial charge in [0.15, 0.2) is 0 Å². The molecule has 1 unspecified atom stereocenters. The average Bonchev–Trinajstić information content (AvgIpc) is 2.87. The number of aryl methyl sites for hydroxylation is 1. The Bertz CT molecular complexity index is 602. The lowest BCUT2D eigenvalue weighted by Gasteiger charge is -2.27. The van der Waals surface area contributed by atoms with Crippen LogP contribution in [0.15, 0.2) is 23.1 Å². The minimum absolute atomic E-state index is 0.0593. The molecule has 0 bridgehead atoms. The van der Waals surface area contributed by atoms with E-state index >= 15 is 0 Å². The molecule has 1 aliphatic rings. The molecule has 1 saturated heterocycles. The molecule has 0 amide bonds. The zero-order valence-electron chi connectivity index (χ0n) is 12.8. The van der Waals surface area contributed by atoms with Crippen molar-refractivity contribution in [3.63, 3.8) is 0 Å². The highest BCUT2D eigenvalue weighted by atomic mass is 35.5. The van der Waals surface area contributed by atoms with Crippen LogP contribution in [-0.4, -0.2) is 50.8 Å². The first-order chi connectivity index (χ1) is 9.86. The van der Waals surface area contributed by atoms with Crippen LogP contribution in [0, 0.1) is 6.92 Å². The normalized spacial score (nSPS) is 20.3. The summed E-state index contributed by atoms with van der Waals surface area (Å²) in [4.78, 5) is 2.44. The molecule has 6 heteroatoms. The van der Waals surface area contributed by atoms with Crippen molar-refractivity contribution in [2.45, 2.75) is 36.6 Å². The maximum absolute atomic E-state index is 13.0. The van der Waals surface area contributed by atoms with E-state index in [1.807, 2.05) is 38.1 Å². The van der Waals surface area contributed by atoms with Gasteiger partial charge in [0, 0.05) is 25.0 Å². The summed E-state index contributed by atoms with van der Waals surface area (Å²) in [5.74, 6) is 0.323. The van der Waals surface area contributed by atoms with Crippen molar-refractivity contribution >= 4 is 21.6 Å². The fourth-order valence-corrected chi connectivity index (χ4v) is 4.99. The van der Waals surface area contributed by atoms with Crippen molar-refractivity contribution in [3.05, 3.63) is 29.3 Å². The van der Waals surface area contributed by atoms with Crippen molar-refractivity contribution in [1.82, 2.24) is 9.21 Å². The summed E-state index contributed by atoms with van der Waals surface area (Å²) in [6.07, 6.45) is 1.84. The molecule has 1 aliphatic heterocycles. The van der Waals surface area contributed by atoms with Crippen LogP contribution in [0.5, 0.6) is 0 Å². The van der Waals surface area contributed by atoms with E-state index in [-0.39, 0.29) is 6.04 Å². The Kier molecular flexibility index (Phi) is 5.30. The van der Waals surface area contributed by atoms with Gasteiger partial charge in [0.2, 0.25) is 10.0 Å². The highest BCUT2D eigenvalue weighted by molar-refractivity contribution is 7.89. The van der Waals surface area contributed by atoms with Crippen molar-refractivity contribution in [3.8, 4) is 0 Å². The van der Waals surface area contributed by atoms with Gasteiger partial charge in [-0.3, -0.25) is 0 Å². The van der Waals surface area contributed by atoms with Gasteiger partial charge < -0.3 is 4.90 Å². The van der Waals surface area contributed by atoms with Gasteiger partial charge in [-0.25, -0.2) is 8.42 Å². The summed E-state index contributed by atoms with van der Waals surface area (Å²) >= 11 is 5.84. The molecular weight excluding hydrogens is 308 g/mol. The molecule has 21 heavy (non-hydrogen) atoms. The minimum atomic E-state index is -3.45. The molecule has 1 fully saturated rings. The Morgan fingerprint density at radius 1 is 1.38 bits per heavy atom. The number of alkyl halides is 1. The molecule has 0 aromatic heterocycles. The third kappa shape index (κ3) is 3.59. The molecule has 118 valence electrons. The van der Waals surface area contributed by atoms with Crippen molar-refractivity contribution < 1.29 is 8.42 Å². The topological polar surface area (TPSA) is 40.6 Å². The van der Waals surface area contributed by atoms with E-state index in [0.717, 1.165) is 30.5 Å². The van der Waals surface area contributed by atoms with Gasteiger partial charge in [0.25, 0.3) is 0 Å². The smallest absolute Gasteiger partial charge is 0.243 e. The number of hydrogen-bond donors (Lipinski definition) is 0. The molecular formula is C15H23ClN2O2S. The van der Waals surface area contributed by atoms with Gasteiger partial charge in [-0.05, 0) is 51.1 Å². The van der Waals surface area contributed by atoms with E-state index in [0.29, 0.717) is 17.3 Å². The van der Waals surface area contributed by atoms with Gasteiger partial charge in [-0.15, -0.1) is 11.6 Å². The highest BCUT2D eigenvalue weighted by Crippen LogP contribution is 2.29. The largest absolute Gasteiger partial charge is 0.308 e. The van der Waals surface area contributed by atoms with Crippen molar-refractivity contribution in [1.29, 1.82) is 0 Å². The molecule has 1 aromatic rings. The fourth-order valence-electron chi connectivity index (χ4n) is 2.86. The number of likely N-dealkylation sites (N-methyl/N-ethyl adjacent to an activating group) is 1. The van der Waals surface area contributed by atoms with Crippen LogP contribution in [-0.2, 0) is 15.9 Å². The lowest BCUT2D eigenvalue weighted by atomic mass is 10.2. The van der Waals surface area contributed by atoms with Crippen molar-refractivity contribution in [2.75, 3.05) is 27.2 Å².